The third-order valence-electron chi connectivity index (χ3n) is 3.17. The van der Waals surface area contributed by atoms with Crippen LogP contribution in [0.1, 0.15) is 24.3 Å². The molecule has 0 spiro atoms. The van der Waals surface area contributed by atoms with Crippen molar-refractivity contribution < 1.29 is 14.6 Å². The molecule has 1 aromatic carbocycles. The van der Waals surface area contributed by atoms with Crippen LogP contribution in [-0.4, -0.2) is 22.8 Å². The van der Waals surface area contributed by atoms with E-state index < -0.39 is 12.1 Å². The van der Waals surface area contributed by atoms with Crippen LogP contribution in [0.5, 0.6) is 0 Å². The zero-order chi connectivity index (χ0) is 13.3. The highest BCUT2D eigenvalue weighted by molar-refractivity contribution is 5.86. The van der Waals surface area contributed by atoms with E-state index in [1.54, 1.807) is 0 Å². The summed E-state index contributed by atoms with van der Waals surface area (Å²) in [6, 6.07) is 7.80. The average Bonchev–Trinajstić information content (AvgIpc) is 2.76. The number of hydrogen-bond acceptors (Lipinski definition) is 3. The van der Waals surface area contributed by atoms with Crippen LogP contribution in [0, 0.1) is 6.92 Å². The molecule has 1 unspecified atom stereocenters. The Morgan fingerprint density at radius 3 is 2.83 bits per heavy atom. The first-order valence-corrected chi connectivity index (χ1v) is 5.94. The zero-order valence-electron chi connectivity index (χ0n) is 10.8. The van der Waals surface area contributed by atoms with Gasteiger partial charge < -0.3 is 14.4 Å². The lowest BCUT2D eigenvalue weighted by Gasteiger charge is -2.13. The molecule has 0 aliphatic heterocycles. The highest BCUT2D eigenvalue weighted by Gasteiger charge is 2.23. The van der Waals surface area contributed by atoms with Gasteiger partial charge in [-0.05, 0) is 25.5 Å². The van der Waals surface area contributed by atoms with E-state index in [9.17, 15) is 9.90 Å². The topological polar surface area (TPSA) is 51.5 Å². The van der Waals surface area contributed by atoms with Crippen LogP contribution in [0.2, 0.25) is 0 Å². The smallest absolute Gasteiger partial charge is 0.340 e. The molecule has 0 aliphatic carbocycles. The molecule has 1 aromatic heterocycles. The molecule has 0 bridgehead atoms. The van der Waals surface area contributed by atoms with E-state index in [1.165, 1.54) is 7.11 Å². The number of ether oxygens (including phenoxy) is 1. The fourth-order valence-electron chi connectivity index (χ4n) is 2.33. The Bertz CT molecular complexity index is 586. The van der Waals surface area contributed by atoms with Crippen molar-refractivity contribution >= 4 is 16.9 Å². The minimum absolute atomic E-state index is 0.577. The fourth-order valence-corrected chi connectivity index (χ4v) is 2.33. The van der Waals surface area contributed by atoms with Crippen molar-refractivity contribution in [1.29, 1.82) is 0 Å². The molecule has 96 valence electrons. The Balaban J connectivity index is 2.65. The number of benzene rings is 1. The van der Waals surface area contributed by atoms with Crippen molar-refractivity contribution in [2.24, 2.45) is 0 Å². The Labute approximate surface area is 106 Å². The minimum atomic E-state index is -1.23. The molecule has 0 aliphatic rings. The van der Waals surface area contributed by atoms with Gasteiger partial charge >= 0.3 is 5.97 Å². The van der Waals surface area contributed by atoms with E-state index >= 15 is 0 Å². The number of para-hydroxylation sites is 1. The second-order valence-corrected chi connectivity index (χ2v) is 4.25. The lowest BCUT2D eigenvalue weighted by Crippen LogP contribution is -2.17. The van der Waals surface area contributed by atoms with Crippen molar-refractivity contribution in [3.8, 4) is 0 Å². The van der Waals surface area contributed by atoms with Gasteiger partial charge in [-0.15, -0.1) is 0 Å². The summed E-state index contributed by atoms with van der Waals surface area (Å²) in [5.41, 5.74) is 2.75. The molecule has 4 nitrogen and oxygen atoms in total. The average molecular weight is 247 g/mol. The summed E-state index contributed by atoms with van der Waals surface area (Å²) in [6.45, 7) is 4.69. The summed E-state index contributed by atoms with van der Waals surface area (Å²) in [5.74, 6) is -0.634. The number of nitrogens with zero attached hydrogens (tertiary/aromatic N) is 1. The summed E-state index contributed by atoms with van der Waals surface area (Å²) < 4.78 is 6.54. The summed E-state index contributed by atoms with van der Waals surface area (Å²) in [6.07, 6.45) is -1.23. The quantitative estimate of drug-likeness (QED) is 0.846. The molecular formula is C14H17NO3. The van der Waals surface area contributed by atoms with E-state index in [2.05, 4.69) is 4.74 Å². The first kappa shape index (κ1) is 12.6. The van der Waals surface area contributed by atoms with E-state index in [4.69, 9.17) is 0 Å². The van der Waals surface area contributed by atoms with Crippen molar-refractivity contribution in [2.75, 3.05) is 7.11 Å². The Kier molecular flexibility index (Phi) is 3.39. The van der Waals surface area contributed by atoms with Gasteiger partial charge in [0, 0.05) is 11.9 Å². The molecular weight excluding hydrogens is 230 g/mol. The van der Waals surface area contributed by atoms with Gasteiger partial charge in [0.1, 0.15) is 0 Å². The molecule has 0 saturated carbocycles. The summed E-state index contributed by atoms with van der Waals surface area (Å²) in [7, 11) is 1.27. The van der Waals surface area contributed by atoms with Crippen molar-refractivity contribution in [3.63, 3.8) is 0 Å². The van der Waals surface area contributed by atoms with Gasteiger partial charge in [0.05, 0.1) is 18.3 Å². The monoisotopic (exact) mass is 247 g/mol. The zero-order valence-corrected chi connectivity index (χ0v) is 10.8. The molecule has 18 heavy (non-hydrogen) atoms. The first-order chi connectivity index (χ1) is 8.60. The number of esters is 1. The molecule has 2 rings (SSSR count). The molecule has 2 aromatic rings. The summed E-state index contributed by atoms with van der Waals surface area (Å²) in [4.78, 5) is 11.5. The predicted octanol–water partition coefficient (Wildman–Crippen LogP) is 2.18. The largest absolute Gasteiger partial charge is 0.467 e. The second kappa shape index (κ2) is 4.82. The number of carbonyl (C=O) groups excluding carboxylic acids is 1. The lowest BCUT2D eigenvalue weighted by molar-refractivity contribution is -0.151. The van der Waals surface area contributed by atoms with Crippen LogP contribution < -0.4 is 0 Å². The fraction of sp³-hybridized carbons (Fsp3) is 0.357. The summed E-state index contributed by atoms with van der Waals surface area (Å²) in [5, 5.41) is 11.0. The van der Waals surface area contributed by atoms with Crippen molar-refractivity contribution in [2.45, 2.75) is 26.5 Å². The third-order valence-corrected chi connectivity index (χ3v) is 3.17. The first-order valence-electron chi connectivity index (χ1n) is 5.94. The van der Waals surface area contributed by atoms with Gasteiger partial charge in [-0.3, -0.25) is 0 Å². The van der Waals surface area contributed by atoms with E-state index in [-0.39, 0.29) is 0 Å². The maximum absolute atomic E-state index is 11.5. The summed E-state index contributed by atoms with van der Waals surface area (Å²) >= 11 is 0. The van der Waals surface area contributed by atoms with Crippen molar-refractivity contribution in [3.05, 3.63) is 35.5 Å². The third kappa shape index (κ3) is 1.88. The highest BCUT2D eigenvalue weighted by Crippen LogP contribution is 2.27. The number of hydrogen-bond donors (Lipinski definition) is 1. The normalized spacial score (nSPS) is 12.7. The SMILES string of the molecule is CCn1c(C(O)C(=O)OC)cc2cccc(C)c21. The maximum atomic E-state index is 11.5. The van der Waals surface area contributed by atoms with Crippen LogP contribution in [0.25, 0.3) is 10.9 Å². The van der Waals surface area contributed by atoms with Crippen LogP contribution in [-0.2, 0) is 16.1 Å². The highest BCUT2D eigenvalue weighted by atomic mass is 16.5. The van der Waals surface area contributed by atoms with E-state index in [0.717, 1.165) is 16.5 Å². The van der Waals surface area contributed by atoms with Gasteiger partial charge in [0.15, 0.2) is 6.10 Å². The number of rotatable bonds is 3. The number of methoxy groups -OCH3 is 1. The molecule has 4 heteroatoms. The standard InChI is InChI=1S/C14H17NO3/c1-4-15-11(13(16)14(17)18-3)8-10-7-5-6-9(2)12(10)15/h5-8,13,16H,4H2,1-3H3. The molecule has 0 saturated heterocycles. The van der Waals surface area contributed by atoms with E-state index in [1.807, 2.05) is 42.7 Å². The number of aryl methyl sites for hydroxylation is 2. The van der Waals surface area contributed by atoms with Crippen LogP contribution in [0.15, 0.2) is 24.3 Å². The Hall–Kier alpha value is -1.81. The van der Waals surface area contributed by atoms with Crippen LogP contribution >= 0.6 is 0 Å². The van der Waals surface area contributed by atoms with Crippen LogP contribution in [0.4, 0.5) is 0 Å². The number of aliphatic hydroxyl groups excluding tert-OH is 1. The van der Waals surface area contributed by atoms with Gasteiger partial charge in [0.25, 0.3) is 0 Å². The number of fused-ring (bicyclic) bond motifs is 1. The maximum Gasteiger partial charge on any atom is 0.340 e. The molecule has 0 fully saturated rings. The Morgan fingerprint density at radius 2 is 2.22 bits per heavy atom. The van der Waals surface area contributed by atoms with E-state index in [0.29, 0.717) is 12.2 Å². The minimum Gasteiger partial charge on any atom is -0.467 e. The second-order valence-electron chi connectivity index (χ2n) is 4.25. The number of aliphatic hydroxyl groups is 1. The van der Waals surface area contributed by atoms with Gasteiger partial charge in [-0.1, -0.05) is 18.2 Å². The molecule has 0 radical (unpaired) electrons. The molecule has 0 amide bonds. The van der Waals surface area contributed by atoms with Crippen molar-refractivity contribution in [1.82, 2.24) is 4.57 Å². The lowest BCUT2D eigenvalue weighted by atomic mass is 10.1. The number of carbonyl (C=O) groups is 1. The molecule has 1 atom stereocenters. The van der Waals surface area contributed by atoms with Gasteiger partial charge in [-0.2, -0.15) is 0 Å². The van der Waals surface area contributed by atoms with Gasteiger partial charge in [0.2, 0.25) is 0 Å². The molecule has 1 heterocycles. The van der Waals surface area contributed by atoms with Crippen LogP contribution in [0.3, 0.4) is 0 Å². The molecule has 1 N–H and O–H groups in total. The Morgan fingerprint density at radius 1 is 1.50 bits per heavy atom. The van der Waals surface area contributed by atoms with Gasteiger partial charge in [-0.25, -0.2) is 4.79 Å². The predicted molar refractivity (Wildman–Crippen MR) is 69.3 cm³/mol. The number of aromatic nitrogens is 1.